The molecule has 1 fully saturated rings. The first kappa shape index (κ1) is 12.3. The number of hydrogen-bond acceptors (Lipinski definition) is 4. The fourth-order valence-corrected chi connectivity index (χ4v) is 2.24. The summed E-state index contributed by atoms with van der Waals surface area (Å²) in [5.41, 5.74) is 6.14. The zero-order chi connectivity index (χ0) is 12.3. The van der Waals surface area contributed by atoms with Gasteiger partial charge in [-0.2, -0.15) is 0 Å². The number of aliphatic hydroxyl groups excluding tert-OH is 1. The normalized spacial score (nSPS) is 24.3. The van der Waals surface area contributed by atoms with Gasteiger partial charge in [0.2, 0.25) is 0 Å². The highest BCUT2D eigenvalue weighted by molar-refractivity contribution is 7.80. The van der Waals surface area contributed by atoms with Gasteiger partial charge >= 0.3 is 0 Å². The van der Waals surface area contributed by atoms with Gasteiger partial charge in [0.05, 0.1) is 17.8 Å². The highest BCUT2D eigenvalue weighted by atomic mass is 32.1. The second kappa shape index (κ2) is 5.42. The van der Waals surface area contributed by atoms with Crippen molar-refractivity contribution >= 4 is 23.0 Å². The van der Waals surface area contributed by atoms with Crippen LogP contribution in [0.4, 0.5) is 5.82 Å². The van der Waals surface area contributed by atoms with E-state index in [4.69, 9.17) is 18.0 Å². The van der Waals surface area contributed by atoms with Crippen LogP contribution >= 0.6 is 12.2 Å². The number of nitrogens with one attached hydrogen (secondary N) is 1. The Labute approximate surface area is 106 Å². The van der Waals surface area contributed by atoms with Crippen LogP contribution in [-0.2, 0) is 0 Å². The van der Waals surface area contributed by atoms with Crippen LogP contribution in [0, 0.1) is 0 Å². The summed E-state index contributed by atoms with van der Waals surface area (Å²) in [5, 5.41) is 13.1. The van der Waals surface area contributed by atoms with Crippen molar-refractivity contribution in [3.8, 4) is 0 Å². The fraction of sp³-hybridized carbons (Fsp3) is 0.500. The van der Waals surface area contributed by atoms with Crippen molar-refractivity contribution in [2.75, 3.05) is 5.32 Å². The van der Waals surface area contributed by atoms with Gasteiger partial charge in [-0.15, -0.1) is 0 Å². The zero-order valence-corrected chi connectivity index (χ0v) is 10.4. The van der Waals surface area contributed by atoms with Crippen molar-refractivity contribution in [1.29, 1.82) is 0 Å². The molecule has 1 aliphatic rings. The number of nitrogens with zero attached hydrogens (tertiary/aromatic N) is 1. The van der Waals surface area contributed by atoms with Crippen molar-refractivity contribution in [1.82, 2.24) is 4.98 Å². The van der Waals surface area contributed by atoms with Crippen LogP contribution in [0.15, 0.2) is 18.2 Å². The standard InChI is InChI=1S/C12H17N3OS/c13-12(17)9-5-3-7-11(15-9)14-8-4-1-2-6-10(8)16/h3,5,7-8,10,16H,1-2,4,6H2,(H2,13,17)(H,14,15). The molecule has 4 nitrogen and oxygen atoms in total. The predicted octanol–water partition coefficient (Wildman–Crippen LogP) is 1.43. The maximum absolute atomic E-state index is 9.87. The lowest BCUT2D eigenvalue weighted by Crippen LogP contribution is -2.36. The summed E-state index contributed by atoms with van der Waals surface area (Å²) in [6, 6.07) is 5.59. The summed E-state index contributed by atoms with van der Waals surface area (Å²) in [5.74, 6) is 0.723. The first-order valence-electron chi connectivity index (χ1n) is 5.88. The average molecular weight is 251 g/mol. The van der Waals surface area contributed by atoms with Crippen molar-refractivity contribution in [2.45, 2.75) is 37.8 Å². The molecule has 1 aliphatic carbocycles. The van der Waals surface area contributed by atoms with Crippen LogP contribution < -0.4 is 11.1 Å². The SMILES string of the molecule is NC(=S)c1cccc(NC2CCCCC2O)n1. The van der Waals surface area contributed by atoms with E-state index >= 15 is 0 Å². The van der Waals surface area contributed by atoms with E-state index in [9.17, 15) is 5.11 Å². The maximum atomic E-state index is 9.87. The molecular weight excluding hydrogens is 234 g/mol. The highest BCUT2D eigenvalue weighted by Gasteiger charge is 2.22. The van der Waals surface area contributed by atoms with Gasteiger partial charge in [0.15, 0.2) is 0 Å². The molecule has 1 aromatic heterocycles. The second-order valence-corrected chi connectivity index (χ2v) is 4.81. The van der Waals surface area contributed by atoms with Gasteiger partial charge < -0.3 is 16.2 Å². The molecule has 0 spiro atoms. The summed E-state index contributed by atoms with van der Waals surface area (Å²) >= 11 is 4.89. The molecule has 0 aromatic carbocycles. The number of anilines is 1. The molecule has 1 saturated carbocycles. The third-order valence-corrected chi connectivity index (χ3v) is 3.27. The van der Waals surface area contributed by atoms with E-state index in [1.165, 1.54) is 0 Å². The summed E-state index contributed by atoms with van der Waals surface area (Å²) in [4.78, 5) is 4.60. The minimum absolute atomic E-state index is 0.0813. The van der Waals surface area contributed by atoms with Crippen LogP contribution in [0.2, 0.25) is 0 Å². The molecule has 1 heterocycles. The number of rotatable bonds is 3. The molecule has 92 valence electrons. The highest BCUT2D eigenvalue weighted by Crippen LogP contribution is 2.21. The van der Waals surface area contributed by atoms with E-state index in [2.05, 4.69) is 10.3 Å². The zero-order valence-electron chi connectivity index (χ0n) is 9.60. The number of aromatic nitrogens is 1. The molecule has 2 atom stereocenters. The number of hydrogen-bond donors (Lipinski definition) is 3. The number of thiocarbonyl (C=S) groups is 1. The molecule has 0 aliphatic heterocycles. The fourth-order valence-electron chi connectivity index (χ4n) is 2.12. The lowest BCUT2D eigenvalue weighted by Gasteiger charge is -2.28. The van der Waals surface area contributed by atoms with Crippen LogP contribution in [0.1, 0.15) is 31.4 Å². The molecule has 2 unspecified atom stereocenters. The maximum Gasteiger partial charge on any atom is 0.127 e. The lowest BCUT2D eigenvalue weighted by atomic mass is 9.92. The Hall–Kier alpha value is -1.20. The van der Waals surface area contributed by atoms with E-state index in [0.29, 0.717) is 5.69 Å². The van der Waals surface area contributed by atoms with Crippen LogP contribution in [0.5, 0.6) is 0 Å². The van der Waals surface area contributed by atoms with Crippen molar-refractivity contribution in [3.05, 3.63) is 23.9 Å². The molecule has 0 saturated heterocycles. The molecule has 5 heteroatoms. The Bertz CT molecular complexity index is 410. The van der Waals surface area contributed by atoms with Gasteiger partial charge in [-0.05, 0) is 25.0 Å². The second-order valence-electron chi connectivity index (χ2n) is 4.37. The van der Waals surface area contributed by atoms with Crippen molar-refractivity contribution in [2.24, 2.45) is 5.73 Å². The van der Waals surface area contributed by atoms with Crippen LogP contribution in [0.25, 0.3) is 0 Å². The third kappa shape index (κ3) is 3.14. The Balaban J connectivity index is 2.07. The van der Waals surface area contributed by atoms with Gasteiger partial charge in [0, 0.05) is 0 Å². The molecule has 0 bridgehead atoms. The number of nitrogens with two attached hydrogens (primary N) is 1. The minimum atomic E-state index is -0.293. The largest absolute Gasteiger partial charge is 0.391 e. The predicted molar refractivity (Wildman–Crippen MR) is 72.0 cm³/mol. The molecule has 17 heavy (non-hydrogen) atoms. The molecule has 2 rings (SSSR count). The van der Waals surface area contributed by atoms with E-state index in [-0.39, 0.29) is 17.1 Å². The van der Waals surface area contributed by atoms with Gasteiger partial charge in [-0.25, -0.2) is 4.98 Å². The summed E-state index contributed by atoms with van der Waals surface area (Å²) < 4.78 is 0. The smallest absolute Gasteiger partial charge is 0.127 e. The topological polar surface area (TPSA) is 71.2 Å². The Morgan fingerprint density at radius 2 is 2.18 bits per heavy atom. The molecular formula is C12H17N3OS. The molecule has 0 radical (unpaired) electrons. The minimum Gasteiger partial charge on any atom is -0.391 e. The van der Waals surface area contributed by atoms with Crippen LogP contribution in [-0.4, -0.2) is 27.2 Å². The van der Waals surface area contributed by atoms with Gasteiger partial charge in [-0.1, -0.05) is 31.1 Å². The summed E-state index contributed by atoms with van der Waals surface area (Å²) in [7, 11) is 0. The first-order chi connectivity index (χ1) is 8.16. The Morgan fingerprint density at radius 3 is 2.88 bits per heavy atom. The summed E-state index contributed by atoms with van der Waals surface area (Å²) in [6.07, 6.45) is 3.77. The van der Waals surface area contributed by atoms with E-state index in [0.717, 1.165) is 31.5 Å². The van der Waals surface area contributed by atoms with E-state index < -0.39 is 0 Å². The van der Waals surface area contributed by atoms with Crippen molar-refractivity contribution in [3.63, 3.8) is 0 Å². The lowest BCUT2D eigenvalue weighted by molar-refractivity contribution is 0.116. The summed E-state index contributed by atoms with van der Waals surface area (Å²) in [6.45, 7) is 0. The number of aliphatic hydroxyl groups is 1. The number of pyridine rings is 1. The molecule has 1 aromatic rings. The average Bonchev–Trinajstić information content (AvgIpc) is 2.32. The van der Waals surface area contributed by atoms with E-state index in [1.807, 2.05) is 12.1 Å². The van der Waals surface area contributed by atoms with Gasteiger partial charge in [-0.3, -0.25) is 0 Å². The Morgan fingerprint density at radius 1 is 1.41 bits per heavy atom. The van der Waals surface area contributed by atoms with Crippen LogP contribution in [0.3, 0.4) is 0 Å². The monoisotopic (exact) mass is 251 g/mol. The van der Waals surface area contributed by atoms with E-state index in [1.54, 1.807) is 6.07 Å². The van der Waals surface area contributed by atoms with Crippen molar-refractivity contribution < 1.29 is 5.11 Å². The Kier molecular flexibility index (Phi) is 3.91. The quantitative estimate of drug-likeness (QED) is 0.709. The van der Waals surface area contributed by atoms with Gasteiger partial charge in [0.25, 0.3) is 0 Å². The molecule has 0 amide bonds. The molecule has 4 N–H and O–H groups in total. The van der Waals surface area contributed by atoms with Gasteiger partial charge in [0.1, 0.15) is 10.8 Å². The third-order valence-electron chi connectivity index (χ3n) is 3.06. The first-order valence-corrected chi connectivity index (χ1v) is 6.29.